The Morgan fingerprint density at radius 2 is 1.81 bits per heavy atom. The first kappa shape index (κ1) is 10.3. The Hall–Kier alpha value is -0.820. The molecule has 86 valence electrons. The second kappa shape index (κ2) is 3.89. The van der Waals surface area contributed by atoms with Crippen molar-refractivity contribution in [2.75, 3.05) is 0 Å². The van der Waals surface area contributed by atoms with Gasteiger partial charge in [0.05, 0.1) is 6.10 Å². The molecule has 2 aliphatic rings. The first-order chi connectivity index (χ1) is 7.74. The van der Waals surface area contributed by atoms with E-state index in [0.29, 0.717) is 5.92 Å². The normalized spacial score (nSPS) is 28.4. The van der Waals surface area contributed by atoms with Crippen LogP contribution in [-0.4, -0.2) is 5.11 Å². The second-order valence-electron chi connectivity index (χ2n) is 5.57. The summed E-state index contributed by atoms with van der Waals surface area (Å²) in [6.07, 6.45) is 6.85. The number of aryl methyl sites for hydroxylation is 3. The van der Waals surface area contributed by atoms with Crippen LogP contribution in [0.4, 0.5) is 0 Å². The third kappa shape index (κ3) is 1.67. The molecule has 0 bridgehead atoms. The lowest BCUT2D eigenvalue weighted by Gasteiger charge is -2.15. The fraction of sp³-hybridized carbons (Fsp3) is 0.600. The summed E-state index contributed by atoms with van der Waals surface area (Å²) in [6.45, 7) is 2.25. The summed E-state index contributed by atoms with van der Waals surface area (Å²) >= 11 is 0. The van der Waals surface area contributed by atoms with Gasteiger partial charge in [0.1, 0.15) is 0 Å². The Morgan fingerprint density at radius 1 is 1.06 bits per heavy atom. The van der Waals surface area contributed by atoms with Gasteiger partial charge < -0.3 is 5.11 Å². The molecule has 1 aromatic rings. The predicted molar refractivity (Wildman–Crippen MR) is 65.5 cm³/mol. The number of aliphatic hydroxyl groups is 1. The van der Waals surface area contributed by atoms with Gasteiger partial charge in [-0.15, -0.1) is 0 Å². The molecule has 0 aliphatic heterocycles. The van der Waals surface area contributed by atoms with Gasteiger partial charge in [0, 0.05) is 0 Å². The molecule has 3 rings (SSSR count). The van der Waals surface area contributed by atoms with Gasteiger partial charge >= 0.3 is 0 Å². The van der Waals surface area contributed by atoms with Gasteiger partial charge in [-0.3, -0.25) is 0 Å². The molecule has 2 aliphatic carbocycles. The first-order valence-corrected chi connectivity index (χ1v) is 6.56. The molecule has 2 atom stereocenters. The van der Waals surface area contributed by atoms with E-state index in [1.807, 2.05) is 0 Å². The van der Waals surface area contributed by atoms with Crippen LogP contribution < -0.4 is 0 Å². The van der Waals surface area contributed by atoms with Crippen LogP contribution in [0, 0.1) is 5.92 Å². The lowest BCUT2D eigenvalue weighted by Crippen LogP contribution is -2.02. The molecule has 1 nitrogen and oxygen atoms in total. The predicted octanol–water partition coefficient (Wildman–Crippen LogP) is 3.18. The number of aliphatic hydroxyl groups excluding tert-OH is 1. The quantitative estimate of drug-likeness (QED) is 0.660. The van der Waals surface area contributed by atoms with Gasteiger partial charge in [0.25, 0.3) is 0 Å². The van der Waals surface area contributed by atoms with Gasteiger partial charge in [-0.1, -0.05) is 19.1 Å². The molecule has 0 heterocycles. The maximum absolute atomic E-state index is 10.2. The van der Waals surface area contributed by atoms with Crippen LogP contribution in [0.15, 0.2) is 12.1 Å². The number of benzene rings is 1. The van der Waals surface area contributed by atoms with Crippen LogP contribution in [0.25, 0.3) is 0 Å². The zero-order valence-electron chi connectivity index (χ0n) is 10.00. The summed E-state index contributed by atoms with van der Waals surface area (Å²) in [4.78, 5) is 0. The van der Waals surface area contributed by atoms with Crippen LogP contribution in [0.2, 0.25) is 0 Å². The second-order valence-corrected chi connectivity index (χ2v) is 5.57. The van der Waals surface area contributed by atoms with Crippen LogP contribution >= 0.6 is 0 Å². The van der Waals surface area contributed by atoms with E-state index in [1.54, 1.807) is 5.56 Å². The summed E-state index contributed by atoms with van der Waals surface area (Å²) < 4.78 is 0. The van der Waals surface area contributed by atoms with Crippen molar-refractivity contribution in [1.82, 2.24) is 0 Å². The SMILES string of the molecule is CC1CCc2cc3c(cc2C(O)C1)CCC3. The average molecular weight is 216 g/mol. The van der Waals surface area contributed by atoms with E-state index in [4.69, 9.17) is 0 Å². The zero-order valence-corrected chi connectivity index (χ0v) is 10.00. The molecular weight excluding hydrogens is 196 g/mol. The van der Waals surface area contributed by atoms with Gasteiger partial charge in [0.2, 0.25) is 0 Å². The smallest absolute Gasteiger partial charge is 0.0795 e. The highest BCUT2D eigenvalue weighted by atomic mass is 16.3. The molecule has 2 unspecified atom stereocenters. The maximum atomic E-state index is 10.2. The minimum atomic E-state index is -0.224. The van der Waals surface area contributed by atoms with Crippen molar-refractivity contribution in [2.24, 2.45) is 5.92 Å². The summed E-state index contributed by atoms with van der Waals surface area (Å²) in [6, 6.07) is 4.67. The van der Waals surface area contributed by atoms with Crippen molar-refractivity contribution >= 4 is 0 Å². The Kier molecular flexibility index (Phi) is 2.51. The van der Waals surface area contributed by atoms with Gasteiger partial charge in [-0.05, 0) is 66.7 Å². The fourth-order valence-electron chi connectivity index (χ4n) is 3.25. The van der Waals surface area contributed by atoms with Gasteiger partial charge in [0.15, 0.2) is 0 Å². The lowest BCUT2D eigenvalue weighted by atomic mass is 9.95. The summed E-state index contributed by atoms with van der Waals surface area (Å²) in [5, 5.41) is 10.2. The maximum Gasteiger partial charge on any atom is 0.0795 e. The number of hydrogen-bond acceptors (Lipinski definition) is 1. The molecular formula is C15H20O. The van der Waals surface area contributed by atoms with E-state index in [0.717, 1.165) is 12.8 Å². The topological polar surface area (TPSA) is 20.2 Å². The highest BCUT2D eigenvalue weighted by Gasteiger charge is 2.23. The molecule has 1 heteroatoms. The largest absolute Gasteiger partial charge is 0.388 e. The molecule has 1 aromatic carbocycles. The van der Waals surface area contributed by atoms with E-state index in [1.165, 1.54) is 42.4 Å². The van der Waals surface area contributed by atoms with Crippen molar-refractivity contribution in [3.05, 3.63) is 34.4 Å². The van der Waals surface area contributed by atoms with Crippen LogP contribution in [0.1, 0.15) is 54.5 Å². The highest BCUT2D eigenvalue weighted by molar-refractivity contribution is 5.42. The van der Waals surface area contributed by atoms with Crippen molar-refractivity contribution in [2.45, 2.75) is 51.6 Å². The Bertz CT molecular complexity index is 408. The monoisotopic (exact) mass is 216 g/mol. The van der Waals surface area contributed by atoms with Gasteiger partial charge in [-0.2, -0.15) is 0 Å². The molecule has 0 amide bonds. The highest BCUT2D eigenvalue weighted by Crippen LogP contribution is 2.35. The molecule has 0 fully saturated rings. The van der Waals surface area contributed by atoms with E-state index in [-0.39, 0.29) is 6.10 Å². The fourth-order valence-corrected chi connectivity index (χ4v) is 3.25. The van der Waals surface area contributed by atoms with E-state index in [2.05, 4.69) is 19.1 Å². The molecule has 0 saturated heterocycles. The zero-order chi connectivity index (χ0) is 11.1. The minimum Gasteiger partial charge on any atom is -0.388 e. The minimum absolute atomic E-state index is 0.224. The molecule has 16 heavy (non-hydrogen) atoms. The third-order valence-electron chi connectivity index (χ3n) is 4.24. The Labute approximate surface area is 97.5 Å². The summed E-state index contributed by atoms with van der Waals surface area (Å²) in [5.41, 5.74) is 5.68. The summed E-state index contributed by atoms with van der Waals surface area (Å²) in [7, 11) is 0. The molecule has 1 N–H and O–H groups in total. The Morgan fingerprint density at radius 3 is 2.62 bits per heavy atom. The standard InChI is InChI=1S/C15H20O/c1-10-5-6-13-8-11-3-2-4-12(11)9-14(13)15(16)7-10/h8-10,15-16H,2-7H2,1H3. The number of rotatable bonds is 0. The summed E-state index contributed by atoms with van der Waals surface area (Å²) in [5.74, 6) is 0.650. The van der Waals surface area contributed by atoms with Crippen LogP contribution in [-0.2, 0) is 19.3 Å². The third-order valence-corrected chi connectivity index (χ3v) is 4.24. The number of hydrogen-bond donors (Lipinski definition) is 1. The first-order valence-electron chi connectivity index (χ1n) is 6.56. The molecule has 0 radical (unpaired) electrons. The van der Waals surface area contributed by atoms with E-state index in [9.17, 15) is 5.11 Å². The van der Waals surface area contributed by atoms with Crippen molar-refractivity contribution in [3.63, 3.8) is 0 Å². The molecule has 0 saturated carbocycles. The molecule has 0 aromatic heterocycles. The number of fused-ring (bicyclic) bond motifs is 2. The van der Waals surface area contributed by atoms with Crippen molar-refractivity contribution in [3.8, 4) is 0 Å². The van der Waals surface area contributed by atoms with E-state index < -0.39 is 0 Å². The van der Waals surface area contributed by atoms with Gasteiger partial charge in [-0.25, -0.2) is 0 Å². The lowest BCUT2D eigenvalue weighted by molar-refractivity contribution is 0.150. The molecule has 0 spiro atoms. The van der Waals surface area contributed by atoms with Crippen LogP contribution in [0.3, 0.4) is 0 Å². The average Bonchev–Trinajstić information content (AvgIpc) is 2.66. The van der Waals surface area contributed by atoms with E-state index >= 15 is 0 Å². The van der Waals surface area contributed by atoms with Crippen molar-refractivity contribution in [1.29, 1.82) is 0 Å². The van der Waals surface area contributed by atoms with Crippen molar-refractivity contribution < 1.29 is 5.11 Å². The Balaban J connectivity index is 2.05. The van der Waals surface area contributed by atoms with Crippen LogP contribution in [0.5, 0.6) is 0 Å².